The summed E-state index contributed by atoms with van der Waals surface area (Å²) in [6.45, 7) is 24.7. The maximum Gasteiger partial charge on any atom is 0.334 e. The van der Waals surface area contributed by atoms with Gasteiger partial charge in [-0.2, -0.15) is 0 Å². The zero-order valence-electron chi connectivity index (χ0n) is 25.6. The molecule has 1 saturated heterocycles. The van der Waals surface area contributed by atoms with Crippen molar-refractivity contribution in [3.63, 3.8) is 0 Å². The van der Waals surface area contributed by atoms with Crippen LogP contribution in [0.2, 0.25) is 18.1 Å². The second-order valence-corrected chi connectivity index (χ2v) is 20.3. The van der Waals surface area contributed by atoms with Gasteiger partial charge in [0.25, 0.3) is 0 Å². The first-order chi connectivity index (χ1) is 16.8. The number of fused-ring (bicyclic) bond motifs is 1. The highest BCUT2D eigenvalue weighted by molar-refractivity contribution is 6.74. The van der Waals surface area contributed by atoms with Crippen LogP contribution in [-0.2, 0) is 18.4 Å². The third kappa shape index (κ3) is 6.21. The molecule has 0 aromatic rings. The first-order valence-electron chi connectivity index (χ1n) is 14.3. The van der Waals surface area contributed by atoms with Crippen molar-refractivity contribution in [3.8, 4) is 0 Å². The average Bonchev–Trinajstić information content (AvgIpc) is 2.72. The van der Waals surface area contributed by atoms with Crippen LogP contribution < -0.4 is 0 Å². The molecule has 212 valence electrons. The summed E-state index contributed by atoms with van der Waals surface area (Å²) in [7, 11) is -1.43. The molecule has 1 N–H and O–H groups in total. The molecule has 7 heteroatoms. The summed E-state index contributed by atoms with van der Waals surface area (Å²) >= 11 is 0. The average molecular weight is 551 g/mol. The van der Waals surface area contributed by atoms with Gasteiger partial charge in [0.15, 0.2) is 8.32 Å². The fraction of sp³-hybridized carbons (Fsp3) is 0.833. The Morgan fingerprint density at radius 3 is 2.32 bits per heavy atom. The smallest absolute Gasteiger partial charge is 0.334 e. The molecule has 0 radical (unpaired) electrons. The third-order valence-electron chi connectivity index (χ3n) is 10.0. The van der Waals surface area contributed by atoms with E-state index in [1.54, 1.807) is 0 Å². The Kier molecular flexibility index (Phi) is 8.89. The summed E-state index contributed by atoms with van der Waals surface area (Å²) in [5.74, 6) is 0.623. The van der Waals surface area contributed by atoms with E-state index in [4.69, 9.17) is 13.6 Å². The lowest BCUT2D eigenvalue weighted by Gasteiger charge is -2.53. The molecule has 1 aliphatic heterocycles. The largest absolute Gasteiger partial charge is 0.460 e. The van der Waals surface area contributed by atoms with Gasteiger partial charge in [0.2, 0.25) is 0 Å². The Bertz CT molecular complexity index is 895. The van der Waals surface area contributed by atoms with E-state index in [2.05, 4.69) is 93.6 Å². The fourth-order valence-corrected chi connectivity index (χ4v) is 8.91. The highest BCUT2D eigenvalue weighted by Crippen LogP contribution is 2.52. The molecule has 0 saturated carbocycles. The van der Waals surface area contributed by atoms with Gasteiger partial charge in [0, 0.05) is 23.7 Å². The number of hydrogen-bond acceptors (Lipinski definition) is 5. The highest BCUT2D eigenvalue weighted by atomic mass is 28.4. The molecule has 2 aliphatic carbocycles. The lowest BCUT2D eigenvalue weighted by atomic mass is 9.58. The second-order valence-electron chi connectivity index (χ2n) is 15.1. The normalized spacial score (nSPS) is 36.6. The van der Waals surface area contributed by atoms with Gasteiger partial charge >= 0.3 is 5.97 Å². The summed E-state index contributed by atoms with van der Waals surface area (Å²) in [6.07, 6.45) is 8.00. The lowest BCUT2D eigenvalue weighted by molar-refractivity contribution is -0.202. The van der Waals surface area contributed by atoms with E-state index in [-0.39, 0.29) is 45.9 Å². The van der Waals surface area contributed by atoms with E-state index < -0.39 is 20.5 Å². The van der Waals surface area contributed by atoms with Gasteiger partial charge in [-0.3, -0.25) is 0 Å². The third-order valence-corrected chi connectivity index (χ3v) is 15.0. The zero-order valence-corrected chi connectivity index (χ0v) is 28.6. The van der Waals surface area contributed by atoms with Crippen molar-refractivity contribution in [1.82, 2.24) is 0 Å². The van der Waals surface area contributed by atoms with Crippen molar-refractivity contribution in [3.05, 3.63) is 23.8 Å². The van der Waals surface area contributed by atoms with Crippen LogP contribution in [0.25, 0.3) is 0 Å². The van der Waals surface area contributed by atoms with Crippen LogP contribution >= 0.6 is 0 Å². The van der Waals surface area contributed by atoms with Crippen molar-refractivity contribution >= 4 is 24.8 Å². The molecule has 1 fully saturated rings. The molecule has 0 aromatic carbocycles. The Labute approximate surface area is 230 Å². The minimum absolute atomic E-state index is 0.0406. The first kappa shape index (κ1) is 30.8. The number of hydrogen-bond donors (Lipinski definition) is 1. The molecular formula is C30H54O5Si2. The van der Waals surface area contributed by atoms with Crippen LogP contribution in [-0.4, -0.2) is 54.3 Å². The predicted molar refractivity (Wildman–Crippen MR) is 157 cm³/mol. The predicted octanol–water partition coefficient (Wildman–Crippen LogP) is 5.57. The SMILES string of the molecule is C[C@H]1C=CC2=C[C@@H](O[Si](C)(C)C(C)(C)C)C[C@H](O)[C@@H]2[C@H]1CC[C@H]1OC(=O)C(O[SiH3])[C@H](C(C)(C)C)C1(C)C. The van der Waals surface area contributed by atoms with Crippen molar-refractivity contribution in [2.75, 3.05) is 0 Å². The molecule has 1 unspecified atom stereocenters. The standard InChI is InChI=1S/C30H54O5Si2/c1-18-12-13-19-16-20(35-37(10,11)29(5,6)7)17-22(31)24(19)21(18)14-15-23-30(8,9)26(28(2,3)4)25(34-36)27(32)33-23/h12-13,16,18,20-26,31H,14-15,17H2,1-11,36H3/t18-,20+,21-,22-,23+,24-,25?,26+/m0/s1. The number of aliphatic hydroxyl groups is 1. The van der Waals surface area contributed by atoms with Gasteiger partial charge in [-0.25, -0.2) is 4.79 Å². The number of esters is 1. The van der Waals surface area contributed by atoms with Gasteiger partial charge in [-0.05, 0) is 53.8 Å². The van der Waals surface area contributed by atoms with Crippen molar-refractivity contribution in [1.29, 1.82) is 0 Å². The summed E-state index contributed by atoms with van der Waals surface area (Å²) in [6, 6.07) is 0. The zero-order chi connectivity index (χ0) is 28.1. The van der Waals surface area contributed by atoms with Gasteiger partial charge in [-0.15, -0.1) is 0 Å². The van der Waals surface area contributed by atoms with Gasteiger partial charge in [0.05, 0.1) is 12.2 Å². The van der Waals surface area contributed by atoms with Gasteiger partial charge < -0.3 is 18.7 Å². The summed E-state index contributed by atoms with van der Waals surface area (Å²) in [5.41, 5.74) is 0.926. The molecule has 0 aromatic heterocycles. The lowest BCUT2D eigenvalue weighted by Crippen LogP contribution is -2.58. The number of carbonyl (C=O) groups is 1. The molecule has 0 amide bonds. The molecule has 37 heavy (non-hydrogen) atoms. The van der Waals surface area contributed by atoms with Crippen molar-refractivity contribution < 1.29 is 23.5 Å². The maximum atomic E-state index is 13.0. The summed E-state index contributed by atoms with van der Waals surface area (Å²) in [4.78, 5) is 13.0. The summed E-state index contributed by atoms with van der Waals surface area (Å²) in [5, 5.41) is 11.6. The number of allylic oxidation sites excluding steroid dienone is 2. The molecule has 1 heterocycles. The minimum atomic E-state index is -1.94. The van der Waals surface area contributed by atoms with Crippen LogP contribution in [0, 0.1) is 34.5 Å². The fourth-order valence-electron chi connectivity index (χ4n) is 7.18. The number of aliphatic hydroxyl groups excluding tert-OH is 1. The Hall–Kier alpha value is -0.736. The molecule has 3 aliphatic rings. The maximum absolute atomic E-state index is 13.0. The first-order valence-corrected chi connectivity index (χ1v) is 18.0. The molecule has 5 nitrogen and oxygen atoms in total. The Balaban J connectivity index is 1.80. The number of rotatable bonds is 6. The van der Waals surface area contributed by atoms with E-state index in [0.29, 0.717) is 28.7 Å². The number of cyclic esters (lactones) is 1. The van der Waals surface area contributed by atoms with Crippen LogP contribution in [0.5, 0.6) is 0 Å². The van der Waals surface area contributed by atoms with E-state index in [1.165, 1.54) is 5.57 Å². The second kappa shape index (κ2) is 10.7. The van der Waals surface area contributed by atoms with E-state index in [9.17, 15) is 9.90 Å². The quantitative estimate of drug-likeness (QED) is 0.346. The highest BCUT2D eigenvalue weighted by Gasteiger charge is 2.55. The van der Waals surface area contributed by atoms with E-state index in [1.807, 2.05) is 0 Å². The Morgan fingerprint density at radius 2 is 1.78 bits per heavy atom. The van der Waals surface area contributed by atoms with Crippen molar-refractivity contribution in [2.24, 2.45) is 34.5 Å². The Morgan fingerprint density at radius 1 is 1.16 bits per heavy atom. The molecule has 0 spiro atoms. The van der Waals surface area contributed by atoms with Crippen LogP contribution in [0.3, 0.4) is 0 Å². The minimum Gasteiger partial charge on any atom is -0.460 e. The van der Waals surface area contributed by atoms with E-state index in [0.717, 1.165) is 12.8 Å². The number of ether oxygens (including phenoxy) is 1. The van der Waals surface area contributed by atoms with Gasteiger partial charge in [0.1, 0.15) is 22.7 Å². The molecule has 0 bridgehead atoms. The van der Waals surface area contributed by atoms with Crippen LogP contribution in [0.4, 0.5) is 0 Å². The molecule has 8 atom stereocenters. The summed E-state index contributed by atoms with van der Waals surface area (Å²) < 4.78 is 18.6. The topological polar surface area (TPSA) is 65.0 Å². The monoisotopic (exact) mass is 550 g/mol. The number of carbonyl (C=O) groups excluding carboxylic acids is 1. The van der Waals surface area contributed by atoms with Crippen LogP contribution in [0.1, 0.15) is 81.6 Å². The van der Waals surface area contributed by atoms with Crippen LogP contribution in [0.15, 0.2) is 23.8 Å². The van der Waals surface area contributed by atoms with Crippen molar-refractivity contribution in [2.45, 2.75) is 124 Å². The molecular weight excluding hydrogens is 496 g/mol. The van der Waals surface area contributed by atoms with Gasteiger partial charge in [-0.1, -0.05) is 80.5 Å². The molecule has 3 rings (SSSR count). The van der Waals surface area contributed by atoms with E-state index >= 15 is 0 Å².